The largest absolute Gasteiger partial charge is 0.248 e. The predicted molar refractivity (Wildman–Crippen MR) is 77.1 cm³/mol. The van der Waals surface area contributed by atoms with Gasteiger partial charge in [0.2, 0.25) is 0 Å². The average molecular weight is 282 g/mol. The third kappa shape index (κ3) is 4.62. The first-order chi connectivity index (χ1) is 8.34. The van der Waals surface area contributed by atoms with Gasteiger partial charge in [-0.2, -0.15) is 0 Å². The molecule has 0 N–H and O–H groups in total. The van der Waals surface area contributed by atoms with Crippen LogP contribution in [0.5, 0.6) is 0 Å². The van der Waals surface area contributed by atoms with E-state index in [9.17, 15) is 0 Å². The Morgan fingerprint density at radius 2 is 1.71 bits per heavy atom. The molecule has 0 saturated heterocycles. The van der Waals surface area contributed by atoms with Crippen LogP contribution in [0.25, 0.3) is 0 Å². The molecule has 88 valence electrons. The fraction of sp³-hybridized carbons (Fsp3) is 0.154. The number of nitrogens with zero attached hydrogens (tertiary/aromatic N) is 1. The van der Waals surface area contributed by atoms with Gasteiger partial charge in [-0.25, -0.2) is 4.98 Å². The van der Waals surface area contributed by atoms with Gasteiger partial charge in [0.15, 0.2) is 0 Å². The molecular formula is C13H12ClNS2. The zero-order chi connectivity index (χ0) is 11.9. The van der Waals surface area contributed by atoms with E-state index in [1.165, 1.54) is 4.90 Å². The molecule has 0 aliphatic heterocycles. The van der Waals surface area contributed by atoms with Crippen LogP contribution in [0.2, 0.25) is 5.02 Å². The van der Waals surface area contributed by atoms with Crippen molar-refractivity contribution >= 4 is 35.1 Å². The van der Waals surface area contributed by atoms with Crippen molar-refractivity contribution in [1.29, 1.82) is 0 Å². The highest BCUT2D eigenvalue weighted by Crippen LogP contribution is 2.22. The third-order valence-electron chi connectivity index (χ3n) is 2.05. The lowest BCUT2D eigenvalue weighted by molar-refractivity contribution is 1.13. The lowest BCUT2D eigenvalue weighted by Crippen LogP contribution is -1.86. The number of rotatable bonds is 5. The molecule has 0 unspecified atom stereocenters. The van der Waals surface area contributed by atoms with Crippen molar-refractivity contribution < 1.29 is 0 Å². The summed E-state index contributed by atoms with van der Waals surface area (Å²) < 4.78 is 0. The molecule has 0 amide bonds. The molecule has 0 atom stereocenters. The van der Waals surface area contributed by atoms with E-state index in [2.05, 4.69) is 29.2 Å². The molecule has 0 radical (unpaired) electrons. The van der Waals surface area contributed by atoms with E-state index in [0.29, 0.717) is 5.02 Å². The van der Waals surface area contributed by atoms with Gasteiger partial charge >= 0.3 is 0 Å². The Balaban J connectivity index is 1.71. The minimum absolute atomic E-state index is 0.688. The van der Waals surface area contributed by atoms with E-state index < -0.39 is 0 Å². The van der Waals surface area contributed by atoms with Crippen LogP contribution >= 0.6 is 35.1 Å². The minimum Gasteiger partial charge on any atom is -0.248 e. The van der Waals surface area contributed by atoms with E-state index in [0.717, 1.165) is 16.5 Å². The number of hydrogen-bond donors (Lipinski definition) is 0. The molecule has 17 heavy (non-hydrogen) atoms. The van der Waals surface area contributed by atoms with Crippen molar-refractivity contribution in [3.8, 4) is 0 Å². The number of thioether (sulfide) groups is 2. The summed E-state index contributed by atoms with van der Waals surface area (Å²) in [6, 6.07) is 14.3. The molecule has 0 aliphatic carbocycles. The second-order valence-electron chi connectivity index (χ2n) is 3.32. The van der Waals surface area contributed by atoms with Crippen molar-refractivity contribution in [2.24, 2.45) is 0 Å². The monoisotopic (exact) mass is 281 g/mol. The Morgan fingerprint density at radius 1 is 0.941 bits per heavy atom. The maximum absolute atomic E-state index is 5.78. The van der Waals surface area contributed by atoms with Crippen LogP contribution in [-0.4, -0.2) is 16.5 Å². The maximum atomic E-state index is 5.78. The van der Waals surface area contributed by atoms with Crippen molar-refractivity contribution in [1.82, 2.24) is 4.98 Å². The fourth-order valence-electron chi connectivity index (χ4n) is 1.27. The maximum Gasteiger partial charge on any atom is 0.0961 e. The van der Waals surface area contributed by atoms with E-state index in [-0.39, 0.29) is 0 Å². The smallest absolute Gasteiger partial charge is 0.0961 e. The molecule has 4 heteroatoms. The average Bonchev–Trinajstić information content (AvgIpc) is 2.38. The SMILES string of the molecule is Clc1ccc(SCCSc2ccccc2)nc1. The van der Waals surface area contributed by atoms with Crippen LogP contribution in [0, 0.1) is 0 Å². The lowest BCUT2D eigenvalue weighted by Gasteiger charge is -2.01. The molecule has 2 aromatic rings. The zero-order valence-electron chi connectivity index (χ0n) is 9.17. The van der Waals surface area contributed by atoms with Gasteiger partial charge in [0, 0.05) is 22.6 Å². The first-order valence-electron chi connectivity index (χ1n) is 5.27. The Labute approximate surface area is 115 Å². The molecule has 0 saturated carbocycles. The van der Waals surface area contributed by atoms with Gasteiger partial charge in [0.05, 0.1) is 10.0 Å². The summed E-state index contributed by atoms with van der Waals surface area (Å²) in [6.07, 6.45) is 1.69. The fourth-order valence-corrected chi connectivity index (χ4v) is 3.13. The van der Waals surface area contributed by atoms with Crippen molar-refractivity contribution in [3.63, 3.8) is 0 Å². The summed E-state index contributed by atoms with van der Waals surface area (Å²) in [5.74, 6) is 2.13. The van der Waals surface area contributed by atoms with Crippen LogP contribution < -0.4 is 0 Å². The van der Waals surface area contributed by atoms with Gasteiger partial charge < -0.3 is 0 Å². The summed E-state index contributed by atoms with van der Waals surface area (Å²) >= 11 is 9.40. The molecule has 0 bridgehead atoms. The molecule has 0 aliphatic rings. The first kappa shape index (κ1) is 12.8. The normalized spacial score (nSPS) is 10.4. The van der Waals surface area contributed by atoms with Crippen molar-refractivity contribution in [3.05, 3.63) is 53.7 Å². The van der Waals surface area contributed by atoms with Crippen LogP contribution in [0.4, 0.5) is 0 Å². The summed E-state index contributed by atoms with van der Waals surface area (Å²) in [6.45, 7) is 0. The second kappa shape index (κ2) is 6.94. The highest BCUT2D eigenvalue weighted by Gasteiger charge is 1.97. The topological polar surface area (TPSA) is 12.9 Å². The molecule has 0 fully saturated rings. The van der Waals surface area contributed by atoms with Crippen LogP contribution in [0.1, 0.15) is 0 Å². The van der Waals surface area contributed by atoms with Crippen LogP contribution in [0.3, 0.4) is 0 Å². The Kier molecular flexibility index (Phi) is 5.23. The zero-order valence-corrected chi connectivity index (χ0v) is 11.6. The van der Waals surface area contributed by atoms with E-state index in [1.54, 1.807) is 18.0 Å². The molecule has 0 spiro atoms. The first-order valence-corrected chi connectivity index (χ1v) is 7.62. The number of halogens is 1. The number of hydrogen-bond acceptors (Lipinski definition) is 3. The summed E-state index contributed by atoms with van der Waals surface area (Å²) in [4.78, 5) is 5.56. The summed E-state index contributed by atoms with van der Waals surface area (Å²) in [5.41, 5.74) is 0. The Morgan fingerprint density at radius 3 is 2.41 bits per heavy atom. The van der Waals surface area contributed by atoms with E-state index in [1.807, 2.05) is 30.0 Å². The standard InChI is InChI=1S/C13H12ClNS2/c14-11-6-7-13(15-10-11)17-9-8-16-12-4-2-1-3-5-12/h1-7,10H,8-9H2. The third-order valence-corrected chi connectivity index (χ3v) is 4.49. The summed E-state index contributed by atoms with van der Waals surface area (Å²) in [5, 5.41) is 1.72. The second-order valence-corrected chi connectivity index (χ2v) is 6.04. The van der Waals surface area contributed by atoms with E-state index in [4.69, 9.17) is 11.6 Å². The molecule has 1 aromatic heterocycles. The molecular weight excluding hydrogens is 270 g/mol. The number of aromatic nitrogens is 1. The minimum atomic E-state index is 0.688. The lowest BCUT2D eigenvalue weighted by atomic mass is 10.4. The number of benzene rings is 1. The van der Waals surface area contributed by atoms with Crippen LogP contribution in [0.15, 0.2) is 58.6 Å². The molecule has 2 rings (SSSR count). The van der Waals surface area contributed by atoms with Gasteiger partial charge in [0.25, 0.3) is 0 Å². The number of pyridine rings is 1. The molecule has 1 nitrogen and oxygen atoms in total. The van der Waals surface area contributed by atoms with Crippen LogP contribution in [-0.2, 0) is 0 Å². The molecule has 1 heterocycles. The summed E-state index contributed by atoms with van der Waals surface area (Å²) in [7, 11) is 0. The van der Waals surface area contributed by atoms with Gasteiger partial charge in [-0.15, -0.1) is 23.5 Å². The molecule has 1 aromatic carbocycles. The van der Waals surface area contributed by atoms with Crippen molar-refractivity contribution in [2.75, 3.05) is 11.5 Å². The Bertz CT molecular complexity index is 445. The van der Waals surface area contributed by atoms with E-state index >= 15 is 0 Å². The van der Waals surface area contributed by atoms with Gasteiger partial charge in [-0.1, -0.05) is 29.8 Å². The van der Waals surface area contributed by atoms with Gasteiger partial charge in [-0.05, 0) is 24.3 Å². The Hall–Kier alpha value is -0.640. The quantitative estimate of drug-likeness (QED) is 0.586. The van der Waals surface area contributed by atoms with Gasteiger partial charge in [0.1, 0.15) is 0 Å². The van der Waals surface area contributed by atoms with Crippen molar-refractivity contribution in [2.45, 2.75) is 9.92 Å². The van der Waals surface area contributed by atoms with Gasteiger partial charge in [-0.3, -0.25) is 0 Å². The highest BCUT2D eigenvalue weighted by atomic mass is 35.5. The predicted octanol–water partition coefficient (Wildman–Crippen LogP) is 4.62. The highest BCUT2D eigenvalue weighted by molar-refractivity contribution is 8.02.